The van der Waals surface area contributed by atoms with E-state index in [9.17, 15) is 0 Å². The molecule has 0 unspecified atom stereocenters. The summed E-state index contributed by atoms with van der Waals surface area (Å²) in [6.45, 7) is 3.11. The molecule has 0 spiro atoms. The number of aromatic nitrogens is 3. The minimum absolute atomic E-state index is 0.933. The molecule has 0 saturated carbocycles. The molecule has 2 rings (SSSR count). The Morgan fingerprint density at radius 2 is 2.14 bits per heavy atom. The molecule has 0 aliphatic rings. The zero-order valence-corrected chi connectivity index (χ0v) is 8.22. The van der Waals surface area contributed by atoms with Crippen molar-refractivity contribution in [3.8, 4) is 11.4 Å². The van der Waals surface area contributed by atoms with E-state index in [2.05, 4.69) is 17.0 Å². The Kier molecular flexibility index (Phi) is 2.58. The van der Waals surface area contributed by atoms with Gasteiger partial charge in [-0.25, -0.2) is 0 Å². The molecule has 2 heterocycles. The topological polar surface area (TPSA) is 30.7 Å². The predicted octanol–water partition coefficient (Wildman–Crippen LogP) is 2.36. The highest BCUT2D eigenvalue weighted by atomic mass is 15.3. The first-order valence-corrected chi connectivity index (χ1v) is 4.85. The van der Waals surface area contributed by atoms with Gasteiger partial charge >= 0.3 is 0 Å². The van der Waals surface area contributed by atoms with Crippen molar-refractivity contribution in [3.63, 3.8) is 0 Å². The third-order valence-electron chi connectivity index (χ3n) is 2.02. The number of nitrogens with zero attached hydrogens (tertiary/aromatic N) is 3. The van der Waals surface area contributed by atoms with Crippen LogP contribution in [0.15, 0.2) is 36.7 Å². The Bertz CT molecular complexity index is 392. The maximum atomic E-state index is 4.42. The lowest BCUT2D eigenvalue weighted by Gasteiger charge is -1.96. The number of aryl methyl sites for hydroxylation is 1. The molecule has 2 aromatic heterocycles. The van der Waals surface area contributed by atoms with Gasteiger partial charge in [0.25, 0.3) is 0 Å². The summed E-state index contributed by atoms with van der Waals surface area (Å²) in [7, 11) is 0. The van der Waals surface area contributed by atoms with Gasteiger partial charge < -0.3 is 0 Å². The highest BCUT2D eigenvalue weighted by molar-refractivity contribution is 5.52. The van der Waals surface area contributed by atoms with E-state index in [0.29, 0.717) is 0 Å². The molecule has 0 radical (unpaired) electrons. The second kappa shape index (κ2) is 4.05. The molecule has 0 amide bonds. The van der Waals surface area contributed by atoms with Gasteiger partial charge in [0.15, 0.2) is 0 Å². The van der Waals surface area contributed by atoms with Crippen molar-refractivity contribution in [2.24, 2.45) is 0 Å². The summed E-state index contributed by atoms with van der Waals surface area (Å²) in [6, 6.07) is 7.85. The standard InChI is InChI=1S/C11H13N3/c1-2-8-14-9-6-11(13-14)10-5-3-4-7-12-10/h3-7,9H,2,8H2,1H3. The number of rotatable bonds is 3. The number of hydrogen-bond acceptors (Lipinski definition) is 2. The van der Waals surface area contributed by atoms with Gasteiger partial charge in [0.05, 0.1) is 5.69 Å². The molecule has 3 nitrogen and oxygen atoms in total. The lowest BCUT2D eigenvalue weighted by Crippen LogP contribution is -1.97. The summed E-state index contributed by atoms with van der Waals surface area (Å²) in [5.74, 6) is 0. The van der Waals surface area contributed by atoms with Crippen LogP contribution in [0.1, 0.15) is 13.3 Å². The van der Waals surface area contributed by atoms with Gasteiger partial charge in [-0.05, 0) is 24.6 Å². The van der Waals surface area contributed by atoms with Crippen LogP contribution >= 0.6 is 0 Å². The van der Waals surface area contributed by atoms with Gasteiger partial charge in [-0.1, -0.05) is 13.0 Å². The van der Waals surface area contributed by atoms with E-state index < -0.39 is 0 Å². The molecule has 14 heavy (non-hydrogen) atoms. The third kappa shape index (κ3) is 1.82. The van der Waals surface area contributed by atoms with Gasteiger partial charge in [0.2, 0.25) is 0 Å². The van der Waals surface area contributed by atoms with Crippen LogP contribution in [0.4, 0.5) is 0 Å². The van der Waals surface area contributed by atoms with Crippen LogP contribution < -0.4 is 0 Å². The predicted molar refractivity (Wildman–Crippen MR) is 55.7 cm³/mol. The summed E-state index contributed by atoms with van der Waals surface area (Å²) >= 11 is 0. The van der Waals surface area contributed by atoms with Crippen LogP contribution in [0.3, 0.4) is 0 Å². The number of hydrogen-bond donors (Lipinski definition) is 0. The first kappa shape index (κ1) is 8.94. The summed E-state index contributed by atoms with van der Waals surface area (Å²) < 4.78 is 1.95. The van der Waals surface area contributed by atoms with Crippen molar-refractivity contribution < 1.29 is 0 Å². The first-order chi connectivity index (χ1) is 6.90. The van der Waals surface area contributed by atoms with Crippen LogP contribution in [0.5, 0.6) is 0 Å². The Hall–Kier alpha value is -1.64. The van der Waals surface area contributed by atoms with Crippen molar-refractivity contribution in [1.29, 1.82) is 0 Å². The van der Waals surface area contributed by atoms with Crippen molar-refractivity contribution in [2.45, 2.75) is 19.9 Å². The molecular formula is C11H13N3. The van der Waals surface area contributed by atoms with Crippen LogP contribution in [0, 0.1) is 0 Å². The molecule has 0 atom stereocenters. The maximum Gasteiger partial charge on any atom is 0.111 e. The Morgan fingerprint density at radius 3 is 2.86 bits per heavy atom. The molecular weight excluding hydrogens is 174 g/mol. The molecule has 0 aliphatic heterocycles. The quantitative estimate of drug-likeness (QED) is 0.738. The summed E-state index contributed by atoms with van der Waals surface area (Å²) in [5.41, 5.74) is 1.88. The normalized spacial score (nSPS) is 10.4. The largest absolute Gasteiger partial charge is 0.272 e. The van der Waals surface area contributed by atoms with Crippen LogP contribution in [0.25, 0.3) is 11.4 Å². The fourth-order valence-corrected chi connectivity index (χ4v) is 1.37. The van der Waals surface area contributed by atoms with Gasteiger partial charge in [0, 0.05) is 18.9 Å². The minimum atomic E-state index is 0.933. The summed E-state index contributed by atoms with van der Waals surface area (Å²) in [6.07, 6.45) is 4.88. The second-order valence-corrected chi connectivity index (χ2v) is 3.18. The number of pyridine rings is 1. The zero-order chi connectivity index (χ0) is 9.80. The van der Waals surface area contributed by atoms with Gasteiger partial charge in [0.1, 0.15) is 5.69 Å². The van der Waals surface area contributed by atoms with Crippen LogP contribution in [-0.4, -0.2) is 14.8 Å². The maximum absolute atomic E-state index is 4.42. The van der Waals surface area contributed by atoms with Gasteiger partial charge in [-0.15, -0.1) is 0 Å². The summed E-state index contributed by atoms with van der Waals surface area (Å²) in [4.78, 5) is 4.25. The van der Waals surface area contributed by atoms with Crippen molar-refractivity contribution in [3.05, 3.63) is 36.7 Å². The molecule has 0 aromatic carbocycles. The van der Waals surface area contributed by atoms with Crippen molar-refractivity contribution in [1.82, 2.24) is 14.8 Å². The van der Waals surface area contributed by atoms with E-state index in [4.69, 9.17) is 0 Å². The molecule has 0 N–H and O–H groups in total. The summed E-state index contributed by atoms with van der Waals surface area (Å²) in [5, 5.41) is 4.42. The van der Waals surface area contributed by atoms with E-state index in [1.54, 1.807) is 6.20 Å². The first-order valence-electron chi connectivity index (χ1n) is 4.85. The van der Waals surface area contributed by atoms with E-state index in [1.807, 2.05) is 35.1 Å². The van der Waals surface area contributed by atoms with E-state index in [0.717, 1.165) is 24.4 Å². The molecule has 3 heteroatoms. The molecule has 0 fully saturated rings. The Morgan fingerprint density at radius 1 is 1.21 bits per heavy atom. The van der Waals surface area contributed by atoms with E-state index in [1.165, 1.54) is 0 Å². The molecule has 0 bridgehead atoms. The van der Waals surface area contributed by atoms with Crippen LogP contribution in [0.2, 0.25) is 0 Å². The average molecular weight is 187 g/mol. The average Bonchev–Trinajstić information content (AvgIpc) is 2.68. The monoisotopic (exact) mass is 187 g/mol. The SMILES string of the molecule is CCCn1ccc(-c2ccccn2)n1. The fraction of sp³-hybridized carbons (Fsp3) is 0.273. The van der Waals surface area contributed by atoms with E-state index in [-0.39, 0.29) is 0 Å². The zero-order valence-electron chi connectivity index (χ0n) is 8.22. The lowest BCUT2D eigenvalue weighted by atomic mass is 10.3. The highest BCUT2D eigenvalue weighted by Crippen LogP contribution is 2.12. The van der Waals surface area contributed by atoms with Crippen molar-refractivity contribution >= 4 is 0 Å². The fourth-order valence-electron chi connectivity index (χ4n) is 1.37. The smallest absolute Gasteiger partial charge is 0.111 e. The molecule has 2 aromatic rings. The molecule has 0 saturated heterocycles. The minimum Gasteiger partial charge on any atom is -0.272 e. The Balaban J connectivity index is 2.25. The molecule has 0 aliphatic carbocycles. The van der Waals surface area contributed by atoms with Gasteiger partial charge in [-0.2, -0.15) is 5.10 Å². The van der Waals surface area contributed by atoms with Gasteiger partial charge in [-0.3, -0.25) is 9.67 Å². The van der Waals surface area contributed by atoms with Crippen LogP contribution in [-0.2, 0) is 6.54 Å². The second-order valence-electron chi connectivity index (χ2n) is 3.18. The van der Waals surface area contributed by atoms with Crippen molar-refractivity contribution in [2.75, 3.05) is 0 Å². The Labute approximate surface area is 83.4 Å². The lowest BCUT2D eigenvalue weighted by molar-refractivity contribution is 0.604. The third-order valence-corrected chi connectivity index (χ3v) is 2.02. The van der Waals surface area contributed by atoms with E-state index >= 15 is 0 Å². The molecule has 72 valence electrons. The highest BCUT2D eigenvalue weighted by Gasteiger charge is 2.01.